The first-order chi connectivity index (χ1) is 20.3. The van der Waals surface area contributed by atoms with Crippen LogP contribution in [0, 0.1) is 5.92 Å². The highest BCUT2D eigenvalue weighted by atomic mass is 32.2. The largest absolute Gasteiger partial charge is 0.495 e. The molecular formula is C30H34N4O7S. The predicted molar refractivity (Wildman–Crippen MR) is 160 cm³/mol. The van der Waals surface area contributed by atoms with Crippen LogP contribution in [-0.4, -0.2) is 66.8 Å². The van der Waals surface area contributed by atoms with Crippen molar-refractivity contribution in [1.29, 1.82) is 0 Å². The van der Waals surface area contributed by atoms with Crippen molar-refractivity contribution >= 4 is 44.6 Å². The summed E-state index contributed by atoms with van der Waals surface area (Å²) in [7, 11) is -2.64. The Hall–Kier alpha value is -4.29. The smallest absolute Gasteiger partial charge is 0.264 e. The second-order valence-corrected chi connectivity index (χ2v) is 11.5. The zero-order valence-corrected chi connectivity index (χ0v) is 24.4. The van der Waals surface area contributed by atoms with Gasteiger partial charge >= 0.3 is 0 Å². The Bertz CT molecular complexity index is 1560. The van der Waals surface area contributed by atoms with Crippen LogP contribution < -0.4 is 29.3 Å². The maximum absolute atomic E-state index is 13.8. The molecule has 2 N–H and O–H groups in total. The number of benzene rings is 3. The second kappa shape index (κ2) is 12.7. The van der Waals surface area contributed by atoms with Gasteiger partial charge in [-0.05, 0) is 49.4 Å². The molecule has 0 saturated carbocycles. The molecule has 42 heavy (non-hydrogen) atoms. The third-order valence-corrected chi connectivity index (χ3v) is 8.57. The Labute approximate surface area is 245 Å². The van der Waals surface area contributed by atoms with E-state index in [1.54, 1.807) is 53.4 Å². The molecule has 1 atom stereocenters. The Kier molecular flexibility index (Phi) is 8.83. The molecule has 3 aromatic rings. The van der Waals surface area contributed by atoms with Crippen LogP contribution in [0.15, 0.2) is 71.6 Å². The van der Waals surface area contributed by atoms with Gasteiger partial charge in [-0.25, -0.2) is 8.42 Å². The molecule has 2 saturated heterocycles. The molecule has 0 aromatic heterocycles. The van der Waals surface area contributed by atoms with E-state index in [0.717, 1.165) is 0 Å². The van der Waals surface area contributed by atoms with Crippen molar-refractivity contribution in [1.82, 2.24) is 0 Å². The van der Waals surface area contributed by atoms with Crippen molar-refractivity contribution in [2.24, 2.45) is 5.92 Å². The van der Waals surface area contributed by atoms with Crippen molar-refractivity contribution in [3.8, 4) is 11.5 Å². The van der Waals surface area contributed by atoms with Gasteiger partial charge in [0.2, 0.25) is 11.8 Å². The lowest BCUT2D eigenvalue weighted by atomic mass is 10.1. The number of sulfonamides is 1. The predicted octanol–water partition coefficient (Wildman–Crippen LogP) is 3.72. The number of carbonyl (C=O) groups is 2. The first-order valence-electron chi connectivity index (χ1n) is 13.8. The summed E-state index contributed by atoms with van der Waals surface area (Å²) in [5, 5.41) is 2.84. The number of rotatable bonds is 10. The molecule has 12 heteroatoms. The third kappa shape index (κ3) is 6.29. The van der Waals surface area contributed by atoms with Crippen LogP contribution in [0.3, 0.4) is 0 Å². The Balaban J connectivity index is 1.40. The van der Waals surface area contributed by atoms with Gasteiger partial charge in [-0.3, -0.25) is 14.3 Å². The number of methoxy groups -OCH3 is 1. The Morgan fingerprint density at radius 3 is 2.45 bits per heavy atom. The number of nitrogens with zero attached hydrogens (tertiary/aromatic N) is 2. The van der Waals surface area contributed by atoms with Crippen molar-refractivity contribution in [2.75, 3.05) is 66.4 Å². The van der Waals surface area contributed by atoms with E-state index in [0.29, 0.717) is 67.2 Å². The molecule has 11 nitrogen and oxygen atoms in total. The first kappa shape index (κ1) is 29.2. The van der Waals surface area contributed by atoms with Crippen LogP contribution in [0.2, 0.25) is 0 Å². The fraction of sp³-hybridized carbons (Fsp3) is 0.333. The Morgan fingerprint density at radius 2 is 1.71 bits per heavy atom. The minimum absolute atomic E-state index is 0.00266. The second-order valence-electron chi connectivity index (χ2n) is 9.88. The van der Waals surface area contributed by atoms with E-state index in [4.69, 9.17) is 14.2 Å². The monoisotopic (exact) mass is 594 g/mol. The number of ether oxygens (including phenoxy) is 3. The van der Waals surface area contributed by atoms with Crippen molar-refractivity contribution < 1.29 is 32.2 Å². The summed E-state index contributed by atoms with van der Waals surface area (Å²) in [5.74, 6) is -0.239. The quantitative estimate of drug-likeness (QED) is 0.364. The SMILES string of the molecule is CCOc1ccccc1N1CC(C(=O)Nc2ccc(N3CCOCC3)c(S(=O)(=O)Nc3ccccc3OC)c2)CC1=O. The van der Waals surface area contributed by atoms with E-state index in [1.165, 1.54) is 13.2 Å². The van der Waals surface area contributed by atoms with Crippen LogP contribution in [0.5, 0.6) is 11.5 Å². The van der Waals surface area contributed by atoms with Gasteiger partial charge in [0.25, 0.3) is 10.0 Å². The first-order valence-corrected chi connectivity index (χ1v) is 15.2. The highest BCUT2D eigenvalue weighted by Gasteiger charge is 2.36. The fourth-order valence-electron chi connectivity index (χ4n) is 5.12. The summed E-state index contributed by atoms with van der Waals surface area (Å²) in [5.41, 5.74) is 1.70. The summed E-state index contributed by atoms with van der Waals surface area (Å²) in [6, 6.07) is 18.7. The van der Waals surface area contributed by atoms with E-state index in [-0.39, 0.29) is 29.7 Å². The van der Waals surface area contributed by atoms with Crippen molar-refractivity contribution in [3.05, 3.63) is 66.7 Å². The van der Waals surface area contributed by atoms with E-state index in [1.807, 2.05) is 24.0 Å². The van der Waals surface area contributed by atoms with E-state index in [9.17, 15) is 18.0 Å². The third-order valence-electron chi connectivity index (χ3n) is 7.17. The molecule has 2 aliphatic heterocycles. The molecule has 3 aromatic carbocycles. The van der Waals surface area contributed by atoms with Crippen molar-refractivity contribution in [3.63, 3.8) is 0 Å². The van der Waals surface area contributed by atoms with Gasteiger partial charge in [0.05, 0.1) is 49.9 Å². The summed E-state index contributed by atoms with van der Waals surface area (Å²) in [6.45, 7) is 4.47. The molecule has 0 aliphatic carbocycles. The van der Waals surface area contributed by atoms with Crippen LogP contribution in [0.4, 0.5) is 22.7 Å². The average Bonchev–Trinajstić information content (AvgIpc) is 3.39. The highest BCUT2D eigenvalue weighted by Crippen LogP contribution is 2.35. The maximum Gasteiger partial charge on any atom is 0.264 e. The van der Waals surface area contributed by atoms with Gasteiger partial charge in [-0.1, -0.05) is 24.3 Å². The fourth-order valence-corrected chi connectivity index (χ4v) is 6.44. The number of amides is 2. The maximum atomic E-state index is 13.8. The lowest BCUT2D eigenvalue weighted by Gasteiger charge is -2.30. The van der Waals surface area contributed by atoms with Crippen LogP contribution in [0.1, 0.15) is 13.3 Å². The minimum atomic E-state index is -4.11. The van der Waals surface area contributed by atoms with Gasteiger partial charge in [0.1, 0.15) is 16.4 Å². The van der Waals surface area contributed by atoms with Crippen molar-refractivity contribution in [2.45, 2.75) is 18.2 Å². The Morgan fingerprint density at radius 1 is 1.00 bits per heavy atom. The minimum Gasteiger partial charge on any atom is -0.495 e. The molecule has 0 bridgehead atoms. The number of hydrogen-bond donors (Lipinski definition) is 2. The summed E-state index contributed by atoms with van der Waals surface area (Å²) in [6.07, 6.45) is 0.0265. The molecule has 1 unspecified atom stereocenters. The number of nitrogens with one attached hydrogen (secondary N) is 2. The lowest BCUT2D eigenvalue weighted by Crippen LogP contribution is -2.37. The number of hydrogen-bond acceptors (Lipinski definition) is 8. The average molecular weight is 595 g/mol. The molecule has 2 amide bonds. The molecule has 2 aliphatic rings. The van der Waals surface area contributed by atoms with E-state index >= 15 is 0 Å². The molecule has 0 radical (unpaired) electrons. The van der Waals surface area contributed by atoms with Gasteiger partial charge in [-0.15, -0.1) is 0 Å². The summed E-state index contributed by atoms with van der Waals surface area (Å²) >= 11 is 0. The van der Waals surface area contributed by atoms with Gasteiger partial charge < -0.3 is 29.3 Å². The topological polar surface area (TPSA) is 127 Å². The highest BCUT2D eigenvalue weighted by molar-refractivity contribution is 7.93. The summed E-state index contributed by atoms with van der Waals surface area (Å²) < 4.78 is 46.6. The molecule has 222 valence electrons. The van der Waals surface area contributed by atoms with Gasteiger partial charge in [0, 0.05) is 31.7 Å². The van der Waals surface area contributed by atoms with E-state index < -0.39 is 15.9 Å². The zero-order valence-electron chi connectivity index (χ0n) is 23.5. The lowest BCUT2D eigenvalue weighted by molar-refractivity contribution is -0.122. The van der Waals surface area contributed by atoms with Crippen LogP contribution >= 0.6 is 0 Å². The molecule has 2 fully saturated rings. The number of para-hydroxylation sites is 4. The normalized spacial score (nSPS) is 17.2. The summed E-state index contributed by atoms with van der Waals surface area (Å²) in [4.78, 5) is 29.7. The van der Waals surface area contributed by atoms with Gasteiger partial charge in [-0.2, -0.15) is 0 Å². The van der Waals surface area contributed by atoms with E-state index in [2.05, 4.69) is 10.0 Å². The van der Waals surface area contributed by atoms with Crippen LogP contribution in [0.25, 0.3) is 0 Å². The number of anilines is 4. The van der Waals surface area contributed by atoms with Crippen LogP contribution in [-0.2, 0) is 24.3 Å². The molecule has 5 rings (SSSR count). The van der Waals surface area contributed by atoms with Gasteiger partial charge in [0.15, 0.2) is 0 Å². The standard InChI is InChI=1S/C30H34N4O7S/c1-3-41-27-11-7-5-9-24(27)34-20-21(18-29(34)35)30(36)31-22-12-13-25(33-14-16-40-17-15-33)28(19-22)42(37,38)32-23-8-4-6-10-26(23)39-2/h4-13,19,21,32H,3,14-18,20H2,1-2H3,(H,31,36). The molecule has 2 heterocycles. The zero-order chi connectivity index (χ0) is 29.7. The number of morpholine rings is 1. The number of carbonyl (C=O) groups excluding carboxylic acids is 2. The molecule has 0 spiro atoms. The molecular weight excluding hydrogens is 560 g/mol.